The zero-order valence-electron chi connectivity index (χ0n) is 14.4. The first kappa shape index (κ1) is 18.3. The maximum absolute atomic E-state index is 14.0. The van der Waals surface area contributed by atoms with Crippen LogP contribution in [0.5, 0.6) is 0 Å². The van der Waals surface area contributed by atoms with Crippen molar-refractivity contribution < 1.29 is 18.3 Å². The number of hydrogen-bond donors (Lipinski definition) is 1. The summed E-state index contributed by atoms with van der Waals surface area (Å²) in [6.45, 7) is 5.33. The van der Waals surface area contributed by atoms with Gasteiger partial charge in [-0.2, -0.15) is 9.78 Å². The van der Waals surface area contributed by atoms with Crippen LogP contribution in [0, 0.1) is 11.6 Å². The van der Waals surface area contributed by atoms with E-state index in [1.54, 1.807) is 20.8 Å². The number of nitrogens with zero attached hydrogens (tertiary/aromatic N) is 4. The zero-order valence-corrected chi connectivity index (χ0v) is 15.2. The van der Waals surface area contributed by atoms with Gasteiger partial charge < -0.3 is 10.1 Å². The standard InChI is InChI=1S/C16H17F2N5O2S/c1-16(2,3)25-15(24)19-7-13-20-21-14-23(13)22-12(8-26-14)10-5-4-9(17)6-11(10)18/h4-6H,7-8H2,1-3H3,(H,19,24). The van der Waals surface area contributed by atoms with Crippen molar-refractivity contribution in [1.82, 2.24) is 20.2 Å². The molecule has 0 aliphatic carbocycles. The molecule has 1 N–H and O–H groups in total. The van der Waals surface area contributed by atoms with E-state index in [0.717, 1.165) is 6.07 Å². The summed E-state index contributed by atoms with van der Waals surface area (Å²) < 4.78 is 33.7. The van der Waals surface area contributed by atoms with E-state index in [2.05, 4.69) is 20.6 Å². The molecular weight excluding hydrogens is 364 g/mol. The number of carbonyl (C=O) groups is 1. The van der Waals surface area contributed by atoms with Crippen molar-refractivity contribution in [1.29, 1.82) is 0 Å². The van der Waals surface area contributed by atoms with Crippen LogP contribution < -0.4 is 5.32 Å². The fourth-order valence-corrected chi connectivity index (χ4v) is 3.05. The van der Waals surface area contributed by atoms with Crippen LogP contribution in [0.25, 0.3) is 0 Å². The molecule has 1 amide bonds. The summed E-state index contributed by atoms with van der Waals surface area (Å²) in [7, 11) is 0. The Balaban J connectivity index is 1.79. The van der Waals surface area contributed by atoms with Gasteiger partial charge in [0.15, 0.2) is 5.82 Å². The van der Waals surface area contributed by atoms with Gasteiger partial charge in [-0.1, -0.05) is 11.8 Å². The van der Waals surface area contributed by atoms with E-state index in [1.807, 2.05) is 0 Å². The largest absolute Gasteiger partial charge is 0.444 e. The highest BCUT2D eigenvalue weighted by Gasteiger charge is 2.22. The first-order chi connectivity index (χ1) is 12.2. The molecule has 1 aromatic heterocycles. The molecule has 0 bridgehead atoms. The van der Waals surface area contributed by atoms with Gasteiger partial charge in [0, 0.05) is 17.4 Å². The van der Waals surface area contributed by atoms with Crippen molar-refractivity contribution in [3.8, 4) is 0 Å². The van der Waals surface area contributed by atoms with Gasteiger partial charge in [0.1, 0.15) is 17.2 Å². The molecule has 2 aromatic rings. The van der Waals surface area contributed by atoms with Crippen LogP contribution in [0.3, 0.4) is 0 Å². The molecule has 138 valence electrons. The van der Waals surface area contributed by atoms with E-state index < -0.39 is 23.3 Å². The van der Waals surface area contributed by atoms with Gasteiger partial charge in [-0.25, -0.2) is 13.6 Å². The average Bonchev–Trinajstić information content (AvgIpc) is 2.93. The smallest absolute Gasteiger partial charge is 0.408 e. The molecule has 0 fully saturated rings. The van der Waals surface area contributed by atoms with E-state index in [1.165, 1.54) is 28.6 Å². The predicted octanol–water partition coefficient (Wildman–Crippen LogP) is 2.94. The Labute approximate surface area is 152 Å². The van der Waals surface area contributed by atoms with Crippen LogP contribution in [0.1, 0.15) is 32.2 Å². The molecule has 0 saturated carbocycles. The number of hydrogen-bond acceptors (Lipinski definition) is 6. The highest BCUT2D eigenvalue weighted by Crippen LogP contribution is 2.25. The molecule has 1 aliphatic heterocycles. The first-order valence-electron chi connectivity index (χ1n) is 7.80. The van der Waals surface area contributed by atoms with Crippen molar-refractivity contribution in [2.75, 3.05) is 5.75 Å². The quantitative estimate of drug-likeness (QED) is 0.884. The van der Waals surface area contributed by atoms with E-state index in [9.17, 15) is 13.6 Å². The second-order valence-electron chi connectivity index (χ2n) is 6.53. The first-order valence-corrected chi connectivity index (χ1v) is 8.79. The van der Waals surface area contributed by atoms with Gasteiger partial charge in [0.25, 0.3) is 0 Å². The lowest BCUT2D eigenvalue weighted by Gasteiger charge is -2.19. The van der Waals surface area contributed by atoms with Gasteiger partial charge in [-0.3, -0.25) is 0 Å². The minimum Gasteiger partial charge on any atom is -0.444 e. The number of rotatable bonds is 3. The highest BCUT2D eigenvalue weighted by molar-refractivity contribution is 7.99. The van der Waals surface area contributed by atoms with E-state index in [4.69, 9.17) is 4.74 Å². The molecule has 1 aromatic carbocycles. The number of alkyl carbamates (subject to hydrolysis) is 1. The van der Waals surface area contributed by atoms with Crippen molar-refractivity contribution in [2.45, 2.75) is 38.1 Å². The molecule has 0 unspecified atom stereocenters. The number of fused-ring (bicyclic) bond motifs is 1. The highest BCUT2D eigenvalue weighted by atomic mass is 32.2. The summed E-state index contributed by atoms with van der Waals surface area (Å²) >= 11 is 1.32. The molecule has 0 saturated heterocycles. The lowest BCUT2D eigenvalue weighted by molar-refractivity contribution is 0.0521. The average molecular weight is 381 g/mol. The number of carbonyl (C=O) groups excluding carboxylic acids is 1. The van der Waals surface area contributed by atoms with Crippen molar-refractivity contribution >= 4 is 23.6 Å². The minimum absolute atomic E-state index is 0.0468. The molecule has 0 atom stereocenters. The Morgan fingerprint density at radius 2 is 2.12 bits per heavy atom. The van der Waals surface area contributed by atoms with E-state index in [0.29, 0.717) is 22.4 Å². The number of aromatic nitrogens is 3. The third-order valence-electron chi connectivity index (χ3n) is 3.27. The third-order valence-corrected chi connectivity index (χ3v) is 4.20. The number of nitrogens with one attached hydrogen (secondary N) is 1. The van der Waals surface area contributed by atoms with E-state index >= 15 is 0 Å². The zero-order chi connectivity index (χ0) is 18.9. The Bertz CT molecular complexity index is 876. The number of ether oxygens (including phenoxy) is 1. The van der Waals surface area contributed by atoms with Gasteiger partial charge >= 0.3 is 6.09 Å². The molecule has 7 nitrogen and oxygen atoms in total. The third kappa shape index (κ3) is 4.18. The second kappa shape index (κ2) is 7.02. The SMILES string of the molecule is CC(C)(C)OC(=O)NCc1nnc2n1N=C(c1ccc(F)cc1F)CS2. The number of thioether (sulfide) groups is 1. The van der Waals surface area contributed by atoms with Gasteiger partial charge in [-0.05, 0) is 32.9 Å². The monoisotopic (exact) mass is 381 g/mol. The molecule has 2 heterocycles. The molecular formula is C16H17F2N5O2S. The topological polar surface area (TPSA) is 81.4 Å². The van der Waals surface area contributed by atoms with Crippen molar-refractivity contribution in [3.63, 3.8) is 0 Å². The molecule has 1 aliphatic rings. The summed E-state index contributed by atoms with van der Waals surface area (Å²) in [6, 6.07) is 3.34. The van der Waals surface area contributed by atoms with Crippen LogP contribution in [0.15, 0.2) is 28.5 Å². The Hall–Kier alpha value is -2.49. The lowest BCUT2D eigenvalue weighted by Crippen LogP contribution is -2.32. The summed E-state index contributed by atoms with van der Waals surface area (Å²) in [5.41, 5.74) is 0.0259. The molecule has 0 radical (unpaired) electrons. The van der Waals surface area contributed by atoms with Crippen molar-refractivity contribution in [2.24, 2.45) is 5.10 Å². The summed E-state index contributed by atoms with van der Waals surface area (Å²) in [5, 5.41) is 15.4. The van der Waals surface area contributed by atoms with Crippen LogP contribution >= 0.6 is 11.8 Å². The Morgan fingerprint density at radius 1 is 1.35 bits per heavy atom. The summed E-state index contributed by atoms with van der Waals surface area (Å²) in [6.07, 6.45) is -0.591. The van der Waals surface area contributed by atoms with Crippen LogP contribution in [-0.4, -0.2) is 38.0 Å². The fraction of sp³-hybridized carbons (Fsp3) is 0.375. The van der Waals surface area contributed by atoms with Gasteiger partial charge in [0.05, 0.1) is 12.3 Å². The summed E-state index contributed by atoms with van der Waals surface area (Å²) in [4.78, 5) is 11.8. The van der Waals surface area contributed by atoms with Gasteiger partial charge in [0.2, 0.25) is 5.16 Å². The van der Waals surface area contributed by atoms with Crippen LogP contribution in [0.2, 0.25) is 0 Å². The Morgan fingerprint density at radius 3 is 2.81 bits per heavy atom. The Kier molecular flexibility index (Phi) is 4.94. The predicted molar refractivity (Wildman–Crippen MR) is 92.1 cm³/mol. The lowest BCUT2D eigenvalue weighted by atomic mass is 10.1. The summed E-state index contributed by atoms with van der Waals surface area (Å²) in [5.74, 6) is -0.588. The normalized spacial score (nSPS) is 13.8. The van der Waals surface area contributed by atoms with E-state index in [-0.39, 0.29) is 12.1 Å². The number of amides is 1. The number of benzene rings is 1. The van der Waals surface area contributed by atoms with Crippen LogP contribution in [-0.2, 0) is 11.3 Å². The molecule has 10 heteroatoms. The second-order valence-corrected chi connectivity index (χ2v) is 7.47. The van der Waals surface area contributed by atoms with Crippen molar-refractivity contribution in [3.05, 3.63) is 41.2 Å². The molecule has 3 rings (SSSR count). The molecule has 0 spiro atoms. The number of halogens is 2. The maximum Gasteiger partial charge on any atom is 0.408 e. The van der Waals surface area contributed by atoms with Crippen LogP contribution in [0.4, 0.5) is 13.6 Å². The maximum atomic E-state index is 14.0. The van der Waals surface area contributed by atoms with Gasteiger partial charge in [-0.15, -0.1) is 10.2 Å². The molecule has 26 heavy (non-hydrogen) atoms. The fourth-order valence-electron chi connectivity index (χ4n) is 2.20. The minimum atomic E-state index is -0.686.